The summed E-state index contributed by atoms with van der Waals surface area (Å²) in [6, 6.07) is 0. The van der Waals surface area contributed by atoms with Crippen LogP contribution in [0.1, 0.15) is 200 Å². The summed E-state index contributed by atoms with van der Waals surface area (Å²) < 4.78 is 0. The Kier molecular flexibility index (Phi) is 30.9. The van der Waals surface area contributed by atoms with Crippen LogP contribution in [0, 0.1) is 0 Å². The predicted octanol–water partition coefficient (Wildman–Crippen LogP) is 11.0. The zero-order valence-corrected chi connectivity index (χ0v) is 23.7. The predicted molar refractivity (Wildman–Crippen MR) is 152 cm³/mol. The van der Waals surface area contributed by atoms with Gasteiger partial charge in [0.05, 0.1) is 0 Å². The third-order valence-corrected chi connectivity index (χ3v) is 7.57. The Morgan fingerprint density at radius 1 is 0.294 bits per heavy atom. The molecule has 0 radical (unpaired) electrons. The van der Waals surface area contributed by atoms with Crippen LogP contribution in [0.25, 0.3) is 0 Å². The van der Waals surface area contributed by atoms with Crippen LogP contribution in [-0.2, 0) is 0 Å². The largest absolute Gasteiger partial charge is 0.368 e. The molecule has 2 N–H and O–H groups in total. The van der Waals surface area contributed by atoms with E-state index < -0.39 is 6.29 Å². The average molecular weight is 483 g/mol. The number of aliphatic hydroxyl groups excluding tert-OH is 1. The fraction of sp³-hybridized carbons (Fsp3) is 1.00. The van der Waals surface area contributed by atoms with Gasteiger partial charge in [-0.15, -0.1) is 0 Å². The third-order valence-electron chi connectivity index (χ3n) is 7.57. The van der Waals surface area contributed by atoms with Gasteiger partial charge in [0.15, 0.2) is 6.29 Å². The SMILES string of the molecule is CCCCCCCCCCCCCCCCCCCCCCCCCCCCCCCC(O)O. The average Bonchev–Trinajstić information content (AvgIpc) is 2.83. The van der Waals surface area contributed by atoms with Gasteiger partial charge in [0.1, 0.15) is 0 Å². The maximum atomic E-state index is 8.81. The Morgan fingerprint density at radius 2 is 0.471 bits per heavy atom. The molecular weight excluding hydrogens is 416 g/mol. The molecule has 0 unspecified atom stereocenters. The van der Waals surface area contributed by atoms with Gasteiger partial charge in [-0.25, -0.2) is 0 Å². The quantitative estimate of drug-likeness (QED) is 0.0789. The molecule has 0 spiro atoms. The van der Waals surface area contributed by atoms with Crippen molar-refractivity contribution in [3.8, 4) is 0 Å². The van der Waals surface area contributed by atoms with Gasteiger partial charge in [0.2, 0.25) is 0 Å². The Labute approximate surface area is 216 Å². The molecule has 0 rings (SSSR count). The van der Waals surface area contributed by atoms with E-state index in [2.05, 4.69) is 6.92 Å². The highest BCUT2D eigenvalue weighted by Crippen LogP contribution is 2.16. The van der Waals surface area contributed by atoms with E-state index in [1.165, 1.54) is 173 Å². The van der Waals surface area contributed by atoms with Gasteiger partial charge in [-0.05, 0) is 12.8 Å². The Balaban J connectivity index is 3.00. The Morgan fingerprint density at radius 3 is 0.647 bits per heavy atom. The van der Waals surface area contributed by atoms with Crippen molar-refractivity contribution in [2.45, 2.75) is 206 Å². The van der Waals surface area contributed by atoms with Crippen LogP contribution in [-0.4, -0.2) is 16.5 Å². The lowest BCUT2D eigenvalue weighted by Gasteiger charge is -2.05. The highest BCUT2D eigenvalue weighted by atomic mass is 16.5. The summed E-state index contributed by atoms with van der Waals surface area (Å²) in [5, 5.41) is 17.6. The number of hydrogen-bond acceptors (Lipinski definition) is 2. The van der Waals surface area contributed by atoms with Crippen molar-refractivity contribution in [1.82, 2.24) is 0 Å². The Bertz CT molecular complexity index is 342. The number of aliphatic hydroxyl groups is 2. The lowest BCUT2D eigenvalue weighted by molar-refractivity contribution is -0.0466. The van der Waals surface area contributed by atoms with Gasteiger partial charge in [-0.3, -0.25) is 0 Å². The zero-order valence-electron chi connectivity index (χ0n) is 23.7. The van der Waals surface area contributed by atoms with E-state index in [4.69, 9.17) is 10.2 Å². The summed E-state index contributed by atoms with van der Waals surface area (Å²) in [6.45, 7) is 2.30. The van der Waals surface area contributed by atoms with E-state index in [9.17, 15) is 0 Å². The van der Waals surface area contributed by atoms with E-state index in [1.54, 1.807) is 0 Å². The molecule has 0 aromatic rings. The van der Waals surface area contributed by atoms with Gasteiger partial charge in [0.25, 0.3) is 0 Å². The van der Waals surface area contributed by atoms with Gasteiger partial charge < -0.3 is 10.2 Å². The van der Waals surface area contributed by atoms with E-state index in [0.717, 1.165) is 12.8 Å². The summed E-state index contributed by atoms with van der Waals surface area (Å²) in [7, 11) is 0. The number of hydrogen-bond donors (Lipinski definition) is 2. The first kappa shape index (κ1) is 33.9. The zero-order chi connectivity index (χ0) is 24.8. The molecule has 34 heavy (non-hydrogen) atoms. The molecule has 0 amide bonds. The lowest BCUT2D eigenvalue weighted by Crippen LogP contribution is -2.02. The minimum atomic E-state index is -1.10. The maximum Gasteiger partial charge on any atom is 0.151 e. The van der Waals surface area contributed by atoms with Crippen molar-refractivity contribution in [3.05, 3.63) is 0 Å². The second kappa shape index (κ2) is 31.0. The first-order valence-electron chi connectivity index (χ1n) is 16.1. The fourth-order valence-corrected chi connectivity index (χ4v) is 5.17. The van der Waals surface area contributed by atoms with Gasteiger partial charge >= 0.3 is 0 Å². The molecule has 0 aliphatic heterocycles. The standard InChI is InChI=1S/C32H66O2/c1-2-3-4-5-6-7-8-9-10-11-12-13-14-15-16-17-18-19-20-21-22-23-24-25-26-27-28-29-30-31-32(33)34/h32-34H,2-31H2,1H3. The monoisotopic (exact) mass is 483 g/mol. The van der Waals surface area contributed by atoms with Gasteiger partial charge in [0, 0.05) is 0 Å². The van der Waals surface area contributed by atoms with Crippen molar-refractivity contribution < 1.29 is 10.2 Å². The highest BCUT2D eigenvalue weighted by Gasteiger charge is 1.98. The molecule has 0 atom stereocenters. The van der Waals surface area contributed by atoms with Crippen molar-refractivity contribution in [3.63, 3.8) is 0 Å². The lowest BCUT2D eigenvalue weighted by atomic mass is 10.0. The number of unbranched alkanes of at least 4 members (excludes halogenated alkanes) is 28. The molecule has 0 aromatic heterocycles. The molecule has 0 heterocycles. The van der Waals surface area contributed by atoms with E-state index >= 15 is 0 Å². The van der Waals surface area contributed by atoms with Crippen molar-refractivity contribution >= 4 is 0 Å². The minimum Gasteiger partial charge on any atom is -0.368 e. The summed E-state index contributed by atoms with van der Waals surface area (Å²) in [5.41, 5.74) is 0. The van der Waals surface area contributed by atoms with Crippen molar-refractivity contribution in [1.29, 1.82) is 0 Å². The van der Waals surface area contributed by atoms with E-state index in [-0.39, 0.29) is 0 Å². The Hall–Kier alpha value is -0.0800. The normalized spacial score (nSPS) is 11.6. The summed E-state index contributed by atoms with van der Waals surface area (Å²) in [5.74, 6) is 0. The summed E-state index contributed by atoms with van der Waals surface area (Å²) in [4.78, 5) is 0. The van der Waals surface area contributed by atoms with E-state index in [0.29, 0.717) is 6.42 Å². The molecule has 2 heteroatoms. The molecule has 0 aromatic carbocycles. The molecule has 0 saturated heterocycles. The van der Waals surface area contributed by atoms with Crippen LogP contribution in [0.2, 0.25) is 0 Å². The maximum absolute atomic E-state index is 8.81. The summed E-state index contributed by atoms with van der Waals surface area (Å²) >= 11 is 0. The van der Waals surface area contributed by atoms with Crippen LogP contribution in [0.5, 0.6) is 0 Å². The van der Waals surface area contributed by atoms with Crippen LogP contribution < -0.4 is 0 Å². The van der Waals surface area contributed by atoms with E-state index in [1.807, 2.05) is 0 Å². The molecule has 206 valence electrons. The van der Waals surface area contributed by atoms with Gasteiger partial charge in [-0.1, -0.05) is 187 Å². The first-order valence-corrected chi connectivity index (χ1v) is 16.1. The smallest absolute Gasteiger partial charge is 0.151 e. The first-order chi connectivity index (χ1) is 16.8. The van der Waals surface area contributed by atoms with Crippen molar-refractivity contribution in [2.24, 2.45) is 0 Å². The molecule has 0 aliphatic rings. The molecule has 0 fully saturated rings. The van der Waals surface area contributed by atoms with Crippen LogP contribution in [0.3, 0.4) is 0 Å². The highest BCUT2D eigenvalue weighted by molar-refractivity contribution is 4.52. The second-order valence-corrected chi connectivity index (χ2v) is 11.2. The van der Waals surface area contributed by atoms with Gasteiger partial charge in [-0.2, -0.15) is 0 Å². The summed E-state index contributed by atoms with van der Waals surface area (Å²) in [6.07, 6.45) is 40.4. The molecule has 0 aliphatic carbocycles. The van der Waals surface area contributed by atoms with Crippen LogP contribution >= 0.6 is 0 Å². The molecule has 0 saturated carbocycles. The molecule has 0 bridgehead atoms. The number of rotatable bonds is 30. The second-order valence-electron chi connectivity index (χ2n) is 11.2. The van der Waals surface area contributed by atoms with Crippen molar-refractivity contribution in [2.75, 3.05) is 0 Å². The fourth-order valence-electron chi connectivity index (χ4n) is 5.17. The van der Waals surface area contributed by atoms with Crippen LogP contribution in [0.15, 0.2) is 0 Å². The minimum absolute atomic E-state index is 0.541. The molecular formula is C32H66O2. The topological polar surface area (TPSA) is 40.5 Å². The van der Waals surface area contributed by atoms with Crippen LogP contribution in [0.4, 0.5) is 0 Å². The third kappa shape index (κ3) is 31.9. The molecule has 2 nitrogen and oxygen atoms in total.